The number of nitrogens with one attached hydrogen (secondary N) is 1. The van der Waals surface area contributed by atoms with Gasteiger partial charge in [0, 0.05) is 25.7 Å². The van der Waals surface area contributed by atoms with Crippen molar-refractivity contribution in [3.8, 4) is 11.8 Å². The number of aliphatic hydroxyl groups excluding tert-OH is 1. The lowest BCUT2D eigenvalue weighted by atomic mass is 10.1. The second kappa shape index (κ2) is 9.87. The van der Waals surface area contributed by atoms with Crippen LogP contribution in [0, 0.1) is 11.3 Å². The summed E-state index contributed by atoms with van der Waals surface area (Å²) in [6, 6.07) is 9.10. The molecule has 1 aliphatic rings. The Bertz CT molecular complexity index is 577. The van der Waals surface area contributed by atoms with Gasteiger partial charge >= 0.3 is 6.09 Å². The number of hydrogen-bond donors (Lipinski definition) is 2. The molecule has 25 heavy (non-hydrogen) atoms. The van der Waals surface area contributed by atoms with Crippen molar-refractivity contribution in [2.24, 2.45) is 0 Å². The van der Waals surface area contributed by atoms with Crippen molar-refractivity contribution < 1.29 is 19.4 Å². The van der Waals surface area contributed by atoms with E-state index in [4.69, 9.17) is 14.7 Å². The number of carbonyl (C=O) groups excluding carboxylic acids is 1. The van der Waals surface area contributed by atoms with Crippen LogP contribution in [0.2, 0.25) is 0 Å². The topological polar surface area (TPSA) is 94.8 Å². The molecule has 136 valence electrons. The molecule has 0 radical (unpaired) electrons. The van der Waals surface area contributed by atoms with Gasteiger partial charge in [0.25, 0.3) is 0 Å². The van der Waals surface area contributed by atoms with Gasteiger partial charge in [-0.2, -0.15) is 5.26 Å². The number of rotatable bonds is 7. The van der Waals surface area contributed by atoms with E-state index in [2.05, 4.69) is 5.32 Å². The van der Waals surface area contributed by atoms with Crippen molar-refractivity contribution in [2.45, 2.75) is 31.9 Å². The highest BCUT2D eigenvalue weighted by Gasteiger charge is 2.23. The van der Waals surface area contributed by atoms with E-state index in [9.17, 15) is 9.90 Å². The van der Waals surface area contributed by atoms with E-state index >= 15 is 0 Å². The third kappa shape index (κ3) is 6.25. The number of nitriles is 1. The van der Waals surface area contributed by atoms with Crippen LogP contribution in [0.5, 0.6) is 5.75 Å². The summed E-state index contributed by atoms with van der Waals surface area (Å²) in [4.78, 5) is 13.4. The SMILES string of the molecule is CCOC(=O)N1CCC(NCC(O)COc2ccc(C#N)cc2)CC1. The quantitative estimate of drug-likeness (QED) is 0.776. The molecule has 1 saturated heterocycles. The molecule has 1 unspecified atom stereocenters. The Morgan fingerprint density at radius 2 is 2.08 bits per heavy atom. The molecule has 0 aromatic heterocycles. The Kier molecular flexibility index (Phi) is 7.51. The molecule has 0 aliphatic carbocycles. The van der Waals surface area contributed by atoms with Crippen molar-refractivity contribution in [1.82, 2.24) is 10.2 Å². The zero-order chi connectivity index (χ0) is 18.1. The predicted octanol–water partition coefficient (Wildman–Crippen LogP) is 1.51. The summed E-state index contributed by atoms with van der Waals surface area (Å²) in [6.45, 7) is 4.12. The van der Waals surface area contributed by atoms with E-state index in [-0.39, 0.29) is 18.7 Å². The summed E-state index contributed by atoms with van der Waals surface area (Å²) in [5.74, 6) is 0.626. The summed E-state index contributed by atoms with van der Waals surface area (Å²) >= 11 is 0. The van der Waals surface area contributed by atoms with Crippen molar-refractivity contribution in [1.29, 1.82) is 5.26 Å². The minimum absolute atomic E-state index is 0.181. The minimum Gasteiger partial charge on any atom is -0.491 e. The third-order valence-corrected chi connectivity index (χ3v) is 4.09. The van der Waals surface area contributed by atoms with Crippen molar-refractivity contribution >= 4 is 6.09 Å². The Balaban J connectivity index is 1.63. The zero-order valence-electron chi connectivity index (χ0n) is 14.5. The van der Waals surface area contributed by atoms with Crippen molar-refractivity contribution in [3.05, 3.63) is 29.8 Å². The fourth-order valence-corrected chi connectivity index (χ4v) is 2.66. The number of amides is 1. The van der Waals surface area contributed by atoms with Gasteiger partial charge in [0.1, 0.15) is 18.5 Å². The molecule has 7 nitrogen and oxygen atoms in total. The molecule has 1 aromatic rings. The molecule has 0 saturated carbocycles. The Morgan fingerprint density at radius 1 is 1.40 bits per heavy atom. The van der Waals surface area contributed by atoms with Crippen LogP contribution in [0.1, 0.15) is 25.3 Å². The number of aliphatic hydroxyl groups is 1. The first kappa shape index (κ1) is 19.0. The summed E-state index contributed by atoms with van der Waals surface area (Å²) in [6.07, 6.45) is 0.792. The van der Waals surface area contributed by atoms with E-state index < -0.39 is 6.10 Å². The van der Waals surface area contributed by atoms with Gasteiger partial charge in [-0.05, 0) is 44.0 Å². The van der Waals surface area contributed by atoms with Gasteiger partial charge in [-0.15, -0.1) is 0 Å². The number of carbonyl (C=O) groups is 1. The molecule has 1 aromatic carbocycles. The summed E-state index contributed by atoms with van der Waals surface area (Å²) < 4.78 is 10.5. The molecule has 1 amide bonds. The van der Waals surface area contributed by atoms with E-state index in [1.54, 1.807) is 36.1 Å². The molecular weight excluding hydrogens is 322 g/mol. The van der Waals surface area contributed by atoms with Gasteiger partial charge in [0.2, 0.25) is 0 Å². The fraction of sp³-hybridized carbons (Fsp3) is 0.556. The second-order valence-electron chi connectivity index (χ2n) is 5.97. The van der Waals surface area contributed by atoms with Crippen LogP contribution in [0.25, 0.3) is 0 Å². The molecule has 0 bridgehead atoms. The second-order valence-corrected chi connectivity index (χ2v) is 5.97. The Hall–Kier alpha value is -2.30. The third-order valence-electron chi connectivity index (χ3n) is 4.09. The van der Waals surface area contributed by atoms with Gasteiger partial charge < -0.3 is 24.8 Å². The molecular formula is C18H25N3O4. The normalized spacial score (nSPS) is 16.1. The minimum atomic E-state index is -0.626. The summed E-state index contributed by atoms with van der Waals surface area (Å²) in [5, 5.41) is 22.1. The van der Waals surface area contributed by atoms with Crippen molar-refractivity contribution in [2.75, 3.05) is 32.8 Å². The Morgan fingerprint density at radius 3 is 2.68 bits per heavy atom. The summed E-state index contributed by atoms with van der Waals surface area (Å²) in [7, 11) is 0. The first-order chi connectivity index (χ1) is 12.1. The van der Waals surface area contributed by atoms with Gasteiger partial charge in [-0.1, -0.05) is 0 Å². The van der Waals surface area contributed by atoms with Crippen LogP contribution in [0.15, 0.2) is 24.3 Å². The molecule has 1 aliphatic heterocycles. The number of piperidine rings is 1. The average Bonchev–Trinajstić information content (AvgIpc) is 2.65. The molecule has 1 heterocycles. The van der Waals surface area contributed by atoms with Crippen LogP contribution in [0.3, 0.4) is 0 Å². The maximum absolute atomic E-state index is 11.6. The molecule has 1 fully saturated rings. The fourth-order valence-electron chi connectivity index (χ4n) is 2.66. The molecule has 2 N–H and O–H groups in total. The van der Waals surface area contributed by atoms with Crippen LogP contribution in [-0.4, -0.2) is 61.1 Å². The van der Waals surface area contributed by atoms with Gasteiger partial charge in [0.15, 0.2) is 0 Å². The van der Waals surface area contributed by atoms with Crippen LogP contribution >= 0.6 is 0 Å². The molecule has 0 spiro atoms. The first-order valence-electron chi connectivity index (χ1n) is 8.58. The number of likely N-dealkylation sites (tertiary alicyclic amines) is 1. The highest BCUT2D eigenvalue weighted by atomic mass is 16.6. The number of nitrogens with zero attached hydrogens (tertiary/aromatic N) is 2. The highest BCUT2D eigenvalue weighted by Crippen LogP contribution is 2.13. The number of hydrogen-bond acceptors (Lipinski definition) is 6. The van der Waals surface area contributed by atoms with Crippen molar-refractivity contribution in [3.63, 3.8) is 0 Å². The maximum Gasteiger partial charge on any atom is 0.409 e. The van der Waals surface area contributed by atoms with E-state index in [1.165, 1.54) is 0 Å². The zero-order valence-corrected chi connectivity index (χ0v) is 14.5. The number of ether oxygens (including phenoxy) is 2. The van der Waals surface area contributed by atoms with E-state index in [1.807, 2.05) is 6.07 Å². The molecule has 1 atom stereocenters. The van der Waals surface area contributed by atoms with Gasteiger partial charge in [-0.25, -0.2) is 4.79 Å². The molecule has 2 rings (SSSR count). The van der Waals surface area contributed by atoms with E-state index in [0.717, 1.165) is 12.8 Å². The van der Waals surface area contributed by atoms with Gasteiger partial charge in [-0.3, -0.25) is 0 Å². The van der Waals surface area contributed by atoms with Crippen LogP contribution in [0.4, 0.5) is 4.79 Å². The number of benzene rings is 1. The largest absolute Gasteiger partial charge is 0.491 e. The standard InChI is InChI=1S/C18H25N3O4/c1-2-24-18(23)21-9-7-15(8-10-21)20-12-16(22)13-25-17-5-3-14(11-19)4-6-17/h3-6,15-16,20,22H,2,7-10,12-13H2,1H3. The lowest BCUT2D eigenvalue weighted by molar-refractivity contribution is 0.0860. The van der Waals surface area contributed by atoms with Crippen LogP contribution in [-0.2, 0) is 4.74 Å². The maximum atomic E-state index is 11.6. The van der Waals surface area contributed by atoms with Gasteiger partial charge in [0.05, 0.1) is 18.2 Å². The monoisotopic (exact) mass is 347 g/mol. The lowest BCUT2D eigenvalue weighted by Gasteiger charge is -2.32. The average molecular weight is 347 g/mol. The molecule has 7 heteroatoms. The van der Waals surface area contributed by atoms with E-state index in [0.29, 0.717) is 37.6 Å². The predicted molar refractivity (Wildman–Crippen MR) is 92.3 cm³/mol. The highest BCUT2D eigenvalue weighted by molar-refractivity contribution is 5.67. The summed E-state index contributed by atoms with van der Waals surface area (Å²) in [5.41, 5.74) is 0.573. The van der Waals surface area contributed by atoms with Crippen LogP contribution < -0.4 is 10.1 Å². The lowest BCUT2D eigenvalue weighted by Crippen LogP contribution is -2.47. The Labute approximate surface area is 148 Å². The first-order valence-corrected chi connectivity index (χ1v) is 8.58. The smallest absolute Gasteiger partial charge is 0.409 e.